The number of aromatic nitrogens is 1. The van der Waals surface area contributed by atoms with Gasteiger partial charge in [0.2, 0.25) is 5.91 Å². The molecule has 1 heterocycles. The molecule has 1 aromatic heterocycles. The smallest absolute Gasteiger partial charge is 0.408 e. The molecule has 0 spiro atoms. The number of amides is 1. The number of oxazole rings is 1. The highest BCUT2D eigenvalue weighted by atomic mass is 16.4. The Labute approximate surface area is 131 Å². The molecule has 23 heavy (non-hydrogen) atoms. The molecule has 6 nitrogen and oxygen atoms in total. The topological polar surface area (TPSA) is 88.0 Å². The molecule has 0 saturated heterocycles. The van der Waals surface area contributed by atoms with Crippen LogP contribution in [-0.4, -0.2) is 10.5 Å². The van der Waals surface area contributed by atoms with Gasteiger partial charge in [-0.3, -0.25) is 9.36 Å². The van der Waals surface area contributed by atoms with Gasteiger partial charge in [-0.05, 0) is 29.8 Å². The van der Waals surface area contributed by atoms with Gasteiger partial charge in [0.25, 0.3) is 0 Å². The van der Waals surface area contributed by atoms with Crippen LogP contribution in [0, 0.1) is 11.3 Å². The summed E-state index contributed by atoms with van der Waals surface area (Å²) in [5, 5.41) is 11.6. The molecule has 3 rings (SSSR count). The SMILES string of the molecule is N#Cc1cccc(CNC(=O)Cn2c(=O)oc3ccccc32)c1. The zero-order valence-corrected chi connectivity index (χ0v) is 12.2. The van der Waals surface area contributed by atoms with Crippen LogP contribution in [0.1, 0.15) is 11.1 Å². The van der Waals surface area contributed by atoms with Gasteiger partial charge in [0.05, 0.1) is 17.1 Å². The number of fused-ring (bicyclic) bond motifs is 1. The minimum Gasteiger partial charge on any atom is -0.408 e. The maximum atomic E-state index is 12.1. The summed E-state index contributed by atoms with van der Waals surface area (Å²) in [5.74, 6) is -0.867. The van der Waals surface area contributed by atoms with E-state index >= 15 is 0 Å². The minimum atomic E-state index is -0.562. The Morgan fingerprint density at radius 2 is 2.04 bits per heavy atom. The monoisotopic (exact) mass is 307 g/mol. The van der Waals surface area contributed by atoms with Crippen LogP contribution < -0.4 is 11.1 Å². The predicted molar refractivity (Wildman–Crippen MR) is 83.5 cm³/mol. The average Bonchev–Trinajstić information content (AvgIpc) is 2.89. The first kappa shape index (κ1) is 14.6. The van der Waals surface area contributed by atoms with Crippen molar-refractivity contribution >= 4 is 17.0 Å². The van der Waals surface area contributed by atoms with Gasteiger partial charge in [0.15, 0.2) is 5.58 Å². The van der Waals surface area contributed by atoms with Crippen molar-refractivity contribution in [2.24, 2.45) is 0 Å². The number of hydrogen-bond acceptors (Lipinski definition) is 4. The van der Waals surface area contributed by atoms with Gasteiger partial charge in [-0.1, -0.05) is 24.3 Å². The fourth-order valence-electron chi connectivity index (χ4n) is 2.31. The zero-order valence-electron chi connectivity index (χ0n) is 12.2. The summed E-state index contributed by atoms with van der Waals surface area (Å²) >= 11 is 0. The lowest BCUT2D eigenvalue weighted by molar-refractivity contribution is -0.121. The molecule has 0 bridgehead atoms. The summed E-state index contributed by atoms with van der Waals surface area (Å²) in [5.41, 5.74) is 2.39. The number of para-hydroxylation sites is 2. The van der Waals surface area contributed by atoms with Gasteiger partial charge in [-0.15, -0.1) is 0 Å². The summed E-state index contributed by atoms with van der Waals surface area (Å²) < 4.78 is 6.37. The van der Waals surface area contributed by atoms with Crippen LogP contribution in [0.15, 0.2) is 57.7 Å². The highest BCUT2D eigenvalue weighted by molar-refractivity contribution is 5.79. The number of nitrogens with one attached hydrogen (secondary N) is 1. The second kappa shape index (κ2) is 6.20. The fourth-order valence-corrected chi connectivity index (χ4v) is 2.31. The van der Waals surface area contributed by atoms with Crippen LogP contribution in [0.25, 0.3) is 11.1 Å². The van der Waals surface area contributed by atoms with Crippen LogP contribution >= 0.6 is 0 Å². The molecule has 0 fully saturated rings. The van der Waals surface area contributed by atoms with Crippen molar-refractivity contribution in [2.45, 2.75) is 13.1 Å². The first-order chi connectivity index (χ1) is 11.2. The standard InChI is InChI=1S/C17H13N3O3/c18-9-12-4-3-5-13(8-12)10-19-16(21)11-20-14-6-1-2-7-15(14)23-17(20)22/h1-8H,10-11H2,(H,19,21). The zero-order chi connectivity index (χ0) is 16.2. The molecule has 114 valence electrons. The molecule has 0 saturated carbocycles. The van der Waals surface area contributed by atoms with Crippen LogP contribution in [0.2, 0.25) is 0 Å². The second-order valence-electron chi connectivity index (χ2n) is 5.01. The van der Waals surface area contributed by atoms with Gasteiger partial charge in [0, 0.05) is 6.54 Å². The maximum absolute atomic E-state index is 12.1. The van der Waals surface area contributed by atoms with Gasteiger partial charge in [-0.25, -0.2) is 4.79 Å². The predicted octanol–water partition coefficient (Wildman–Crippen LogP) is 1.78. The number of nitriles is 1. The number of rotatable bonds is 4. The quantitative estimate of drug-likeness (QED) is 0.796. The largest absolute Gasteiger partial charge is 0.420 e. The number of benzene rings is 2. The Kier molecular flexibility index (Phi) is 3.93. The lowest BCUT2D eigenvalue weighted by Gasteiger charge is -2.06. The van der Waals surface area contributed by atoms with E-state index < -0.39 is 5.76 Å². The van der Waals surface area contributed by atoms with Gasteiger partial charge in [-0.2, -0.15) is 5.26 Å². The number of hydrogen-bond donors (Lipinski definition) is 1. The summed E-state index contributed by atoms with van der Waals surface area (Å²) in [6.07, 6.45) is 0. The Morgan fingerprint density at radius 3 is 2.87 bits per heavy atom. The van der Waals surface area contributed by atoms with Gasteiger partial charge < -0.3 is 9.73 Å². The minimum absolute atomic E-state index is 0.117. The van der Waals surface area contributed by atoms with Crippen molar-refractivity contribution < 1.29 is 9.21 Å². The van der Waals surface area contributed by atoms with E-state index in [4.69, 9.17) is 9.68 Å². The van der Waals surface area contributed by atoms with Gasteiger partial charge in [0.1, 0.15) is 6.54 Å². The Hall–Kier alpha value is -3.33. The van der Waals surface area contributed by atoms with E-state index in [2.05, 4.69) is 5.32 Å². The molecule has 0 unspecified atom stereocenters. The first-order valence-corrected chi connectivity index (χ1v) is 7.01. The molecule has 0 aliphatic rings. The normalized spacial score (nSPS) is 10.4. The third-order valence-electron chi connectivity index (χ3n) is 3.42. The molecule has 2 aromatic carbocycles. The van der Waals surface area contributed by atoms with Crippen LogP contribution in [-0.2, 0) is 17.9 Å². The number of nitrogens with zero attached hydrogens (tertiary/aromatic N) is 2. The van der Waals surface area contributed by atoms with Crippen molar-refractivity contribution in [3.63, 3.8) is 0 Å². The summed E-state index contributed by atoms with van der Waals surface area (Å²) in [7, 11) is 0. The van der Waals surface area contributed by atoms with Crippen LogP contribution in [0.3, 0.4) is 0 Å². The van der Waals surface area contributed by atoms with E-state index in [1.54, 1.807) is 42.5 Å². The Morgan fingerprint density at radius 1 is 1.22 bits per heavy atom. The average molecular weight is 307 g/mol. The lowest BCUT2D eigenvalue weighted by Crippen LogP contribution is -2.30. The summed E-state index contributed by atoms with van der Waals surface area (Å²) in [4.78, 5) is 23.9. The second-order valence-corrected chi connectivity index (χ2v) is 5.01. The van der Waals surface area contributed by atoms with E-state index in [9.17, 15) is 9.59 Å². The highest BCUT2D eigenvalue weighted by Crippen LogP contribution is 2.11. The molecule has 0 aliphatic carbocycles. The molecular weight excluding hydrogens is 294 g/mol. The van der Waals surface area contributed by atoms with Crippen molar-refractivity contribution in [1.29, 1.82) is 5.26 Å². The number of carbonyl (C=O) groups excluding carboxylic acids is 1. The molecule has 0 radical (unpaired) electrons. The summed E-state index contributed by atoms with van der Waals surface area (Å²) in [6, 6.07) is 16.0. The molecule has 3 aromatic rings. The molecule has 0 atom stereocenters. The first-order valence-electron chi connectivity index (χ1n) is 7.01. The van der Waals surface area contributed by atoms with E-state index in [1.165, 1.54) is 4.57 Å². The third kappa shape index (κ3) is 3.14. The maximum Gasteiger partial charge on any atom is 0.420 e. The van der Waals surface area contributed by atoms with Crippen molar-refractivity contribution in [1.82, 2.24) is 9.88 Å². The molecule has 1 amide bonds. The molecule has 0 aliphatic heterocycles. The summed E-state index contributed by atoms with van der Waals surface area (Å²) in [6.45, 7) is 0.173. The highest BCUT2D eigenvalue weighted by Gasteiger charge is 2.12. The van der Waals surface area contributed by atoms with Crippen molar-refractivity contribution in [2.75, 3.05) is 0 Å². The van der Waals surface area contributed by atoms with E-state index in [-0.39, 0.29) is 12.5 Å². The fraction of sp³-hybridized carbons (Fsp3) is 0.118. The van der Waals surface area contributed by atoms with Crippen molar-refractivity contribution in [3.05, 3.63) is 70.2 Å². The van der Waals surface area contributed by atoms with E-state index in [0.29, 0.717) is 23.2 Å². The molecule has 6 heteroatoms. The number of carbonyl (C=O) groups is 1. The molecule has 1 N–H and O–H groups in total. The van der Waals surface area contributed by atoms with Crippen molar-refractivity contribution in [3.8, 4) is 6.07 Å². The molecular formula is C17H13N3O3. The Bertz CT molecular complexity index is 963. The van der Waals surface area contributed by atoms with Gasteiger partial charge >= 0.3 is 5.76 Å². The van der Waals surface area contributed by atoms with E-state index in [0.717, 1.165) is 5.56 Å². The van der Waals surface area contributed by atoms with Crippen LogP contribution in [0.5, 0.6) is 0 Å². The third-order valence-corrected chi connectivity index (χ3v) is 3.42. The Balaban J connectivity index is 1.70. The van der Waals surface area contributed by atoms with Crippen LogP contribution in [0.4, 0.5) is 0 Å². The van der Waals surface area contributed by atoms with E-state index in [1.807, 2.05) is 12.1 Å². The lowest BCUT2D eigenvalue weighted by atomic mass is 10.1.